The van der Waals surface area contributed by atoms with Crippen LogP contribution < -0.4 is 4.90 Å². The Morgan fingerprint density at radius 1 is 1.24 bits per heavy atom. The lowest BCUT2D eigenvalue weighted by molar-refractivity contribution is -0.117. The van der Waals surface area contributed by atoms with Gasteiger partial charge in [0.05, 0.1) is 6.04 Å². The van der Waals surface area contributed by atoms with Gasteiger partial charge in [-0.15, -0.1) is 0 Å². The van der Waals surface area contributed by atoms with Crippen LogP contribution in [0.5, 0.6) is 0 Å². The largest absolute Gasteiger partial charge is 0.361 e. The first-order chi connectivity index (χ1) is 14.1. The molecule has 148 valence electrons. The van der Waals surface area contributed by atoms with Crippen LogP contribution in [-0.2, 0) is 11.2 Å². The first-order valence-electron chi connectivity index (χ1n) is 10.2. The molecular formula is C24H24ClN3O. The minimum Gasteiger partial charge on any atom is -0.361 e. The molecule has 1 unspecified atom stereocenters. The second-order valence-corrected chi connectivity index (χ2v) is 8.44. The topological polar surface area (TPSA) is 39.3 Å². The van der Waals surface area contributed by atoms with E-state index in [1.54, 1.807) is 6.92 Å². The Bertz CT molecular complexity index is 1120. The van der Waals surface area contributed by atoms with E-state index >= 15 is 0 Å². The molecule has 1 aromatic heterocycles. The zero-order chi connectivity index (χ0) is 20.0. The summed E-state index contributed by atoms with van der Waals surface area (Å²) < 4.78 is 0. The Morgan fingerprint density at radius 2 is 2.10 bits per heavy atom. The standard InChI is InChI=1S/C24H24ClN3O/c1-16(29)28-20(12-18-4-2-3-5-24(18)28)15-27-10-8-17(9-11-27)22-14-26-23-13-19(25)6-7-21(22)23/h2-8,13-14,20,26H,9-12,15H2,1H3. The number of carbonyl (C=O) groups excluding carboxylic acids is 1. The van der Waals surface area contributed by atoms with Crippen molar-refractivity contribution in [3.8, 4) is 0 Å². The number of hydrogen-bond acceptors (Lipinski definition) is 2. The molecule has 29 heavy (non-hydrogen) atoms. The lowest BCUT2D eigenvalue weighted by atomic mass is 9.98. The Morgan fingerprint density at radius 3 is 2.90 bits per heavy atom. The molecule has 5 rings (SSSR count). The summed E-state index contributed by atoms with van der Waals surface area (Å²) in [6, 6.07) is 14.5. The maximum atomic E-state index is 12.3. The van der Waals surface area contributed by atoms with E-state index in [1.165, 1.54) is 22.1 Å². The highest BCUT2D eigenvalue weighted by Crippen LogP contribution is 2.34. The molecule has 2 aliphatic heterocycles. The SMILES string of the molecule is CC(=O)N1c2ccccc2CC1CN1CC=C(c2c[nH]c3cc(Cl)ccc23)CC1. The predicted molar refractivity (Wildman–Crippen MR) is 119 cm³/mol. The van der Waals surface area contributed by atoms with Gasteiger partial charge < -0.3 is 9.88 Å². The molecule has 0 radical (unpaired) electrons. The summed E-state index contributed by atoms with van der Waals surface area (Å²) in [7, 11) is 0. The van der Waals surface area contributed by atoms with Gasteiger partial charge >= 0.3 is 0 Å². The third-order valence-electron chi connectivity index (χ3n) is 6.16. The highest BCUT2D eigenvalue weighted by molar-refractivity contribution is 6.31. The zero-order valence-corrected chi connectivity index (χ0v) is 17.2. The van der Waals surface area contributed by atoms with Crippen molar-refractivity contribution < 1.29 is 4.79 Å². The van der Waals surface area contributed by atoms with Gasteiger partial charge in [0.1, 0.15) is 0 Å². The molecule has 3 aromatic rings. The second kappa shape index (κ2) is 7.36. The molecule has 4 nitrogen and oxygen atoms in total. The molecule has 0 saturated carbocycles. The lowest BCUT2D eigenvalue weighted by Gasteiger charge is -2.32. The van der Waals surface area contributed by atoms with Gasteiger partial charge in [-0.1, -0.05) is 41.9 Å². The van der Waals surface area contributed by atoms with Crippen molar-refractivity contribution in [2.75, 3.05) is 24.5 Å². The third-order valence-corrected chi connectivity index (χ3v) is 6.40. The van der Waals surface area contributed by atoms with Gasteiger partial charge in [-0.2, -0.15) is 0 Å². The third kappa shape index (κ3) is 3.37. The lowest BCUT2D eigenvalue weighted by Crippen LogP contribution is -2.45. The minimum atomic E-state index is 0.130. The van der Waals surface area contributed by atoms with Crippen molar-refractivity contribution in [3.63, 3.8) is 0 Å². The van der Waals surface area contributed by atoms with Crippen LogP contribution in [0.15, 0.2) is 54.7 Å². The number of benzene rings is 2. The summed E-state index contributed by atoms with van der Waals surface area (Å²) in [6.07, 6.45) is 6.37. The summed E-state index contributed by atoms with van der Waals surface area (Å²) in [6.45, 7) is 4.49. The number of fused-ring (bicyclic) bond motifs is 2. The second-order valence-electron chi connectivity index (χ2n) is 8.01. The Balaban J connectivity index is 1.32. The van der Waals surface area contributed by atoms with E-state index in [2.05, 4.69) is 46.4 Å². The number of H-pyrrole nitrogens is 1. The first kappa shape index (κ1) is 18.5. The zero-order valence-electron chi connectivity index (χ0n) is 16.5. The highest BCUT2D eigenvalue weighted by atomic mass is 35.5. The van der Waals surface area contributed by atoms with Crippen molar-refractivity contribution in [1.29, 1.82) is 0 Å². The normalized spacial score (nSPS) is 19.4. The van der Waals surface area contributed by atoms with E-state index in [0.29, 0.717) is 0 Å². The van der Waals surface area contributed by atoms with Crippen LogP contribution in [0.2, 0.25) is 5.02 Å². The van der Waals surface area contributed by atoms with Gasteiger partial charge in [-0.25, -0.2) is 0 Å². The quantitative estimate of drug-likeness (QED) is 0.674. The molecule has 0 aliphatic carbocycles. The van der Waals surface area contributed by atoms with E-state index in [1.807, 2.05) is 23.1 Å². The maximum absolute atomic E-state index is 12.3. The molecule has 0 fully saturated rings. The number of nitrogens with one attached hydrogen (secondary N) is 1. The van der Waals surface area contributed by atoms with Crippen molar-refractivity contribution in [3.05, 3.63) is 70.9 Å². The predicted octanol–water partition coefficient (Wildman–Crippen LogP) is 4.89. The number of halogens is 1. The van der Waals surface area contributed by atoms with Gasteiger partial charge in [0, 0.05) is 59.9 Å². The molecule has 1 N–H and O–H groups in total. The van der Waals surface area contributed by atoms with Crippen LogP contribution in [0.4, 0.5) is 5.69 Å². The van der Waals surface area contributed by atoms with Crippen LogP contribution in [0.25, 0.3) is 16.5 Å². The van der Waals surface area contributed by atoms with Crippen molar-refractivity contribution in [2.45, 2.75) is 25.8 Å². The van der Waals surface area contributed by atoms with Gasteiger partial charge in [-0.3, -0.25) is 9.69 Å². The molecule has 0 bridgehead atoms. The van der Waals surface area contributed by atoms with Crippen LogP contribution in [0, 0.1) is 0 Å². The number of aromatic nitrogens is 1. The van der Waals surface area contributed by atoms with Crippen molar-refractivity contribution in [1.82, 2.24) is 9.88 Å². The Hall–Kier alpha value is -2.56. The van der Waals surface area contributed by atoms with Crippen molar-refractivity contribution in [2.24, 2.45) is 0 Å². The van der Waals surface area contributed by atoms with E-state index < -0.39 is 0 Å². The van der Waals surface area contributed by atoms with Gasteiger partial charge in [-0.05, 0) is 42.2 Å². The number of amides is 1. The summed E-state index contributed by atoms with van der Waals surface area (Å²) in [5, 5.41) is 1.98. The van der Waals surface area contributed by atoms with Crippen LogP contribution in [0.1, 0.15) is 24.5 Å². The molecule has 0 saturated heterocycles. The maximum Gasteiger partial charge on any atom is 0.224 e. The average Bonchev–Trinajstić information content (AvgIpc) is 3.29. The number of carbonyl (C=O) groups is 1. The number of aromatic amines is 1. The molecule has 2 aromatic carbocycles. The van der Waals surface area contributed by atoms with Gasteiger partial charge in [0.25, 0.3) is 0 Å². The smallest absolute Gasteiger partial charge is 0.224 e. The molecule has 1 atom stereocenters. The summed E-state index contributed by atoms with van der Waals surface area (Å²) in [5.74, 6) is 0.130. The summed E-state index contributed by atoms with van der Waals surface area (Å²) in [5.41, 5.74) is 6.09. The molecule has 1 amide bonds. The Labute approximate surface area is 175 Å². The number of nitrogens with zero attached hydrogens (tertiary/aromatic N) is 2. The van der Waals surface area contributed by atoms with E-state index in [0.717, 1.165) is 48.7 Å². The fraction of sp³-hybridized carbons (Fsp3) is 0.292. The Kier molecular flexibility index (Phi) is 4.69. The first-order valence-corrected chi connectivity index (χ1v) is 10.5. The van der Waals surface area contributed by atoms with Crippen LogP contribution >= 0.6 is 11.6 Å². The summed E-state index contributed by atoms with van der Waals surface area (Å²) in [4.78, 5) is 20.1. The molecule has 5 heteroatoms. The van der Waals surface area contributed by atoms with E-state index in [9.17, 15) is 4.79 Å². The van der Waals surface area contributed by atoms with Crippen LogP contribution in [-0.4, -0.2) is 41.5 Å². The minimum absolute atomic E-state index is 0.130. The number of para-hydroxylation sites is 1. The number of anilines is 1. The van der Waals surface area contributed by atoms with E-state index in [4.69, 9.17) is 11.6 Å². The highest BCUT2D eigenvalue weighted by Gasteiger charge is 2.33. The number of hydrogen-bond donors (Lipinski definition) is 1. The average molecular weight is 406 g/mol. The summed E-state index contributed by atoms with van der Waals surface area (Å²) >= 11 is 6.11. The fourth-order valence-corrected chi connectivity index (χ4v) is 4.99. The molecular weight excluding hydrogens is 382 g/mol. The monoisotopic (exact) mass is 405 g/mol. The fourth-order valence-electron chi connectivity index (χ4n) is 4.82. The number of rotatable bonds is 3. The molecule has 2 aliphatic rings. The molecule has 3 heterocycles. The van der Waals surface area contributed by atoms with Crippen molar-refractivity contribution >= 4 is 39.7 Å². The van der Waals surface area contributed by atoms with E-state index in [-0.39, 0.29) is 11.9 Å². The van der Waals surface area contributed by atoms with Crippen LogP contribution in [0.3, 0.4) is 0 Å². The molecule has 0 spiro atoms. The van der Waals surface area contributed by atoms with Gasteiger partial charge in [0.15, 0.2) is 0 Å². The van der Waals surface area contributed by atoms with Gasteiger partial charge in [0.2, 0.25) is 5.91 Å².